The van der Waals surface area contributed by atoms with Gasteiger partial charge in [0, 0.05) is 11.3 Å². The fraction of sp³-hybridized carbons (Fsp3) is 0.211. The number of hydrogen-bond donors (Lipinski definition) is 2. The van der Waals surface area contributed by atoms with Crippen molar-refractivity contribution in [3.05, 3.63) is 54.1 Å². The zero-order valence-corrected chi connectivity index (χ0v) is 14.7. The number of para-hydroxylation sites is 1. The van der Waals surface area contributed by atoms with E-state index in [1.165, 1.54) is 6.21 Å². The molecule has 2 N–H and O–H groups in total. The largest absolute Gasteiger partial charge is 0.494 e. The van der Waals surface area contributed by atoms with Crippen LogP contribution >= 0.6 is 0 Å². The normalized spacial score (nSPS) is 10.4. The number of ether oxygens (including phenoxy) is 2. The average molecular weight is 355 g/mol. The highest BCUT2D eigenvalue weighted by molar-refractivity contribution is 6.39. The number of anilines is 1. The summed E-state index contributed by atoms with van der Waals surface area (Å²) < 4.78 is 10.8. The molecule has 0 spiro atoms. The molecule has 2 aromatic carbocycles. The molecule has 2 amide bonds. The van der Waals surface area contributed by atoms with Gasteiger partial charge in [0.2, 0.25) is 0 Å². The van der Waals surface area contributed by atoms with Crippen molar-refractivity contribution in [2.75, 3.05) is 18.5 Å². The molecule has 0 saturated heterocycles. The SMILES string of the molecule is CCOc1ccc(NC(=O)C(=O)N/N=C\c2ccccc2OCC)cc1. The summed E-state index contributed by atoms with van der Waals surface area (Å²) in [6.07, 6.45) is 1.42. The van der Waals surface area contributed by atoms with Crippen molar-refractivity contribution in [2.45, 2.75) is 13.8 Å². The Kier molecular flexibility index (Phi) is 7.17. The Morgan fingerprint density at radius 1 is 0.962 bits per heavy atom. The minimum absolute atomic E-state index is 0.485. The van der Waals surface area contributed by atoms with Crippen LogP contribution < -0.4 is 20.2 Å². The van der Waals surface area contributed by atoms with Gasteiger partial charge in [0.15, 0.2) is 0 Å². The van der Waals surface area contributed by atoms with Gasteiger partial charge in [-0.3, -0.25) is 9.59 Å². The standard InChI is InChI=1S/C19H21N3O4/c1-3-25-16-11-9-15(10-12-16)21-18(23)19(24)22-20-13-14-7-5-6-8-17(14)26-4-2/h5-13H,3-4H2,1-2H3,(H,21,23)(H,22,24)/b20-13-. The third kappa shape index (κ3) is 5.62. The van der Waals surface area contributed by atoms with Gasteiger partial charge in [-0.05, 0) is 50.2 Å². The van der Waals surface area contributed by atoms with Crippen LogP contribution in [0.5, 0.6) is 11.5 Å². The van der Waals surface area contributed by atoms with E-state index in [9.17, 15) is 9.59 Å². The summed E-state index contributed by atoms with van der Waals surface area (Å²) in [6.45, 7) is 4.83. The topological polar surface area (TPSA) is 89.0 Å². The van der Waals surface area contributed by atoms with Crippen LogP contribution in [0.2, 0.25) is 0 Å². The number of amides is 2. The predicted molar refractivity (Wildman–Crippen MR) is 99.6 cm³/mol. The first-order valence-corrected chi connectivity index (χ1v) is 8.23. The number of nitrogens with one attached hydrogen (secondary N) is 2. The Bertz CT molecular complexity index is 773. The van der Waals surface area contributed by atoms with E-state index < -0.39 is 11.8 Å². The predicted octanol–water partition coefficient (Wildman–Crippen LogP) is 2.57. The van der Waals surface area contributed by atoms with E-state index in [0.717, 1.165) is 0 Å². The second kappa shape index (κ2) is 9.83. The summed E-state index contributed by atoms with van der Waals surface area (Å²) in [6, 6.07) is 14.0. The van der Waals surface area contributed by atoms with E-state index in [1.807, 2.05) is 26.0 Å². The summed E-state index contributed by atoms with van der Waals surface area (Å²) in [5.41, 5.74) is 3.37. The lowest BCUT2D eigenvalue weighted by molar-refractivity contribution is -0.136. The van der Waals surface area contributed by atoms with E-state index >= 15 is 0 Å². The number of carbonyl (C=O) groups excluding carboxylic acids is 2. The van der Waals surface area contributed by atoms with Gasteiger partial charge in [-0.2, -0.15) is 5.10 Å². The van der Waals surface area contributed by atoms with Crippen LogP contribution in [0, 0.1) is 0 Å². The Labute approximate surface area is 152 Å². The van der Waals surface area contributed by atoms with Gasteiger partial charge in [-0.25, -0.2) is 5.43 Å². The highest BCUT2D eigenvalue weighted by Gasteiger charge is 2.13. The van der Waals surface area contributed by atoms with Gasteiger partial charge in [0.25, 0.3) is 0 Å². The molecule has 2 aromatic rings. The number of carbonyl (C=O) groups is 2. The van der Waals surface area contributed by atoms with Crippen LogP contribution in [-0.4, -0.2) is 31.2 Å². The highest BCUT2D eigenvalue weighted by Crippen LogP contribution is 2.16. The maximum atomic E-state index is 11.9. The number of hydrazone groups is 1. The van der Waals surface area contributed by atoms with Gasteiger partial charge >= 0.3 is 11.8 Å². The molecule has 26 heavy (non-hydrogen) atoms. The first-order chi connectivity index (χ1) is 12.6. The van der Waals surface area contributed by atoms with Crippen molar-refractivity contribution in [1.29, 1.82) is 0 Å². The molecule has 0 fully saturated rings. The molecule has 0 bridgehead atoms. The molecule has 0 aliphatic carbocycles. The molecule has 0 unspecified atom stereocenters. The molecular formula is C19H21N3O4. The summed E-state index contributed by atoms with van der Waals surface area (Å²) in [5, 5.41) is 6.29. The number of benzene rings is 2. The molecule has 0 aromatic heterocycles. The van der Waals surface area contributed by atoms with E-state index in [0.29, 0.717) is 36.0 Å². The average Bonchev–Trinajstić information content (AvgIpc) is 2.65. The van der Waals surface area contributed by atoms with Crippen LogP contribution in [0.1, 0.15) is 19.4 Å². The number of rotatable bonds is 7. The van der Waals surface area contributed by atoms with Crippen molar-refractivity contribution in [3.63, 3.8) is 0 Å². The second-order valence-corrected chi connectivity index (χ2v) is 5.08. The van der Waals surface area contributed by atoms with Crippen LogP contribution in [0.25, 0.3) is 0 Å². The fourth-order valence-electron chi connectivity index (χ4n) is 2.07. The van der Waals surface area contributed by atoms with Crippen molar-refractivity contribution in [1.82, 2.24) is 5.43 Å². The molecular weight excluding hydrogens is 334 g/mol. The summed E-state index contributed by atoms with van der Waals surface area (Å²) >= 11 is 0. The van der Waals surface area contributed by atoms with Crippen molar-refractivity contribution in [3.8, 4) is 11.5 Å². The zero-order chi connectivity index (χ0) is 18.8. The van der Waals surface area contributed by atoms with E-state index in [2.05, 4.69) is 15.8 Å². The molecule has 0 aliphatic rings. The summed E-state index contributed by atoms with van der Waals surface area (Å²) in [5.74, 6) is -0.354. The molecule has 0 atom stereocenters. The van der Waals surface area contributed by atoms with Crippen molar-refractivity contribution >= 4 is 23.7 Å². The minimum Gasteiger partial charge on any atom is -0.494 e. The Hall–Kier alpha value is -3.35. The molecule has 0 saturated carbocycles. The lowest BCUT2D eigenvalue weighted by atomic mass is 10.2. The maximum absolute atomic E-state index is 11.9. The minimum atomic E-state index is -0.871. The monoisotopic (exact) mass is 355 g/mol. The van der Waals surface area contributed by atoms with Gasteiger partial charge in [0.1, 0.15) is 11.5 Å². The molecule has 7 heteroatoms. The number of nitrogens with zero attached hydrogens (tertiary/aromatic N) is 1. The van der Waals surface area contributed by atoms with E-state index in [1.54, 1.807) is 36.4 Å². The zero-order valence-electron chi connectivity index (χ0n) is 14.7. The Morgan fingerprint density at radius 3 is 2.35 bits per heavy atom. The lowest BCUT2D eigenvalue weighted by Crippen LogP contribution is -2.32. The molecule has 0 heterocycles. The molecule has 7 nitrogen and oxygen atoms in total. The van der Waals surface area contributed by atoms with Gasteiger partial charge in [-0.1, -0.05) is 12.1 Å². The lowest BCUT2D eigenvalue weighted by Gasteiger charge is -2.07. The van der Waals surface area contributed by atoms with Gasteiger partial charge < -0.3 is 14.8 Å². The van der Waals surface area contributed by atoms with Crippen LogP contribution in [0.3, 0.4) is 0 Å². The summed E-state index contributed by atoms with van der Waals surface area (Å²) in [7, 11) is 0. The van der Waals surface area contributed by atoms with Gasteiger partial charge in [-0.15, -0.1) is 0 Å². The van der Waals surface area contributed by atoms with Crippen LogP contribution in [0.4, 0.5) is 5.69 Å². The van der Waals surface area contributed by atoms with Crippen molar-refractivity contribution in [2.24, 2.45) is 5.10 Å². The van der Waals surface area contributed by atoms with Crippen LogP contribution in [0.15, 0.2) is 53.6 Å². The smallest absolute Gasteiger partial charge is 0.329 e. The molecule has 2 rings (SSSR count). The quantitative estimate of drug-likeness (QED) is 0.454. The third-order valence-corrected chi connectivity index (χ3v) is 3.22. The van der Waals surface area contributed by atoms with Gasteiger partial charge in [0.05, 0.1) is 19.4 Å². The second-order valence-electron chi connectivity index (χ2n) is 5.08. The maximum Gasteiger partial charge on any atom is 0.329 e. The fourth-order valence-corrected chi connectivity index (χ4v) is 2.07. The van der Waals surface area contributed by atoms with E-state index in [-0.39, 0.29) is 0 Å². The van der Waals surface area contributed by atoms with Crippen molar-refractivity contribution < 1.29 is 19.1 Å². The van der Waals surface area contributed by atoms with Crippen LogP contribution in [-0.2, 0) is 9.59 Å². The molecule has 0 radical (unpaired) electrons. The Morgan fingerprint density at radius 2 is 1.65 bits per heavy atom. The Balaban J connectivity index is 1.90. The molecule has 0 aliphatic heterocycles. The highest BCUT2D eigenvalue weighted by atomic mass is 16.5. The third-order valence-electron chi connectivity index (χ3n) is 3.22. The number of hydrogen-bond acceptors (Lipinski definition) is 5. The first kappa shape index (κ1) is 19.0. The summed E-state index contributed by atoms with van der Waals surface area (Å²) in [4.78, 5) is 23.7. The van der Waals surface area contributed by atoms with E-state index in [4.69, 9.17) is 9.47 Å². The molecule has 136 valence electrons. The first-order valence-electron chi connectivity index (χ1n) is 8.23.